The average Bonchev–Trinajstić information content (AvgIpc) is 3.11. The molecule has 0 bridgehead atoms. The number of nitrogens with zero attached hydrogens (tertiary/aromatic N) is 3. The van der Waals surface area contributed by atoms with Crippen molar-refractivity contribution in [3.05, 3.63) is 48.3 Å². The molecule has 6 nitrogen and oxygen atoms in total. The van der Waals surface area contributed by atoms with E-state index in [-0.39, 0.29) is 5.91 Å². The molecule has 6 heteroatoms. The number of anilines is 1. The Kier molecular flexibility index (Phi) is 4.39. The predicted molar refractivity (Wildman–Crippen MR) is 83.6 cm³/mol. The molecule has 1 atom stereocenters. The number of carbonyl (C=O) groups excluding carboxylic acids is 1. The van der Waals surface area contributed by atoms with E-state index < -0.39 is 6.10 Å². The lowest BCUT2D eigenvalue weighted by molar-refractivity contribution is -0.142. The maximum absolute atomic E-state index is 12.7. The number of carbonyl (C=O) groups is 1. The van der Waals surface area contributed by atoms with Crippen molar-refractivity contribution in [1.82, 2.24) is 14.9 Å². The van der Waals surface area contributed by atoms with Gasteiger partial charge in [-0.1, -0.05) is 30.3 Å². The van der Waals surface area contributed by atoms with Crippen molar-refractivity contribution in [3.63, 3.8) is 0 Å². The molecule has 0 radical (unpaired) electrons. The van der Waals surface area contributed by atoms with Gasteiger partial charge in [-0.3, -0.25) is 4.79 Å². The van der Waals surface area contributed by atoms with Crippen LogP contribution < -0.4 is 4.90 Å². The van der Waals surface area contributed by atoms with Crippen LogP contribution in [0.15, 0.2) is 42.7 Å². The summed E-state index contributed by atoms with van der Waals surface area (Å²) in [5.74, 6) is 0.881. The highest BCUT2D eigenvalue weighted by Crippen LogP contribution is 2.20. The summed E-state index contributed by atoms with van der Waals surface area (Å²) in [6.45, 7) is 2.88. The molecule has 2 heterocycles. The third-order valence-electron chi connectivity index (χ3n) is 3.94. The first-order valence-electron chi connectivity index (χ1n) is 7.40. The Morgan fingerprint density at radius 2 is 1.95 bits per heavy atom. The van der Waals surface area contributed by atoms with Crippen LogP contribution in [0.3, 0.4) is 0 Å². The maximum atomic E-state index is 12.7. The van der Waals surface area contributed by atoms with E-state index in [1.165, 1.54) is 0 Å². The number of hydrogen-bond acceptors (Lipinski definition) is 4. The van der Waals surface area contributed by atoms with Gasteiger partial charge in [0.1, 0.15) is 0 Å². The van der Waals surface area contributed by atoms with Crippen molar-refractivity contribution >= 4 is 11.9 Å². The Morgan fingerprint density at radius 1 is 1.23 bits per heavy atom. The van der Waals surface area contributed by atoms with Crippen LogP contribution in [0.1, 0.15) is 11.7 Å². The molecular weight excluding hydrogens is 280 g/mol. The molecule has 3 rings (SSSR count). The van der Waals surface area contributed by atoms with Gasteiger partial charge in [-0.2, -0.15) is 0 Å². The lowest BCUT2D eigenvalue weighted by Gasteiger charge is -2.36. The Hall–Kier alpha value is -2.34. The number of imidazole rings is 1. The Bertz CT molecular complexity index is 592. The number of hydrogen-bond donors (Lipinski definition) is 1. The van der Waals surface area contributed by atoms with Crippen LogP contribution in [0.4, 0.5) is 5.95 Å². The van der Waals surface area contributed by atoms with Gasteiger partial charge in [0.15, 0.2) is 6.10 Å². The molecule has 1 amide bonds. The molecule has 0 aliphatic carbocycles. The third kappa shape index (κ3) is 2.96. The van der Waals surface area contributed by atoms with Crippen molar-refractivity contribution < 1.29 is 9.53 Å². The monoisotopic (exact) mass is 300 g/mol. The maximum Gasteiger partial charge on any atom is 0.256 e. The molecule has 1 aliphatic rings. The summed E-state index contributed by atoms with van der Waals surface area (Å²) in [6.07, 6.45) is 3.02. The number of amides is 1. The van der Waals surface area contributed by atoms with Gasteiger partial charge in [-0.25, -0.2) is 4.98 Å². The van der Waals surface area contributed by atoms with Crippen molar-refractivity contribution in [3.8, 4) is 0 Å². The van der Waals surface area contributed by atoms with Crippen molar-refractivity contribution in [2.24, 2.45) is 0 Å². The minimum atomic E-state index is -0.531. The minimum absolute atomic E-state index is 0.0211. The second-order valence-corrected chi connectivity index (χ2v) is 5.25. The van der Waals surface area contributed by atoms with E-state index in [1.54, 1.807) is 13.3 Å². The zero-order chi connectivity index (χ0) is 15.4. The molecule has 1 aromatic carbocycles. The van der Waals surface area contributed by atoms with E-state index in [9.17, 15) is 4.79 Å². The van der Waals surface area contributed by atoms with Gasteiger partial charge in [0, 0.05) is 45.7 Å². The number of piperazine rings is 1. The van der Waals surface area contributed by atoms with Crippen molar-refractivity contribution in [1.29, 1.82) is 0 Å². The fourth-order valence-electron chi connectivity index (χ4n) is 2.74. The van der Waals surface area contributed by atoms with Gasteiger partial charge in [0.05, 0.1) is 0 Å². The van der Waals surface area contributed by atoms with Crippen molar-refractivity contribution in [2.45, 2.75) is 6.10 Å². The van der Waals surface area contributed by atoms with Gasteiger partial charge < -0.3 is 19.5 Å². The van der Waals surface area contributed by atoms with Crippen molar-refractivity contribution in [2.75, 3.05) is 38.2 Å². The number of aromatic nitrogens is 2. The fraction of sp³-hybridized carbons (Fsp3) is 0.375. The van der Waals surface area contributed by atoms with E-state index in [1.807, 2.05) is 41.4 Å². The highest BCUT2D eigenvalue weighted by molar-refractivity contribution is 5.82. The molecule has 0 spiro atoms. The van der Waals surface area contributed by atoms with Crippen LogP contribution in [0.25, 0.3) is 0 Å². The first-order chi connectivity index (χ1) is 10.8. The second-order valence-electron chi connectivity index (χ2n) is 5.25. The number of rotatable bonds is 4. The zero-order valence-corrected chi connectivity index (χ0v) is 12.6. The molecule has 1 aliphatic heterocycles. The summed E-state index contributed by atoms with van der Waals surface area (Å²) < 4.78 is 5.43. The first kappa shape index (κ1) is 14.6. The summed E-state index contributed by atoms with van der Waals surface area (Å²) >= 11 is 0. The average molecular weight is 300 g/mol. The molecule has 0 saturated carbocycles. The van der Waals surface area contributed by atoms with Gasteiger partial charge in [-0.05, 0) is 5.56 Å². The Labute approximate surface area is 129 Å². The number of benzene rings is 1. The largest absolute Gasteiger partial charge is 0.367 e. The summed E-state index contributed by atoms with van der Waals surface area (Å²) in [5, 5.41) is 0. The molecule has 2 aromatic rings. The number of nitrogens with one attached hydrogen (secondary N) is 1. The number of H-pyrrole nitrogens is 1. The number of ether oxygens (including phenoxy) is 1. The molecule has 0 unspecified atom stereocenters. The highest BCUT2D eigenvalue weighted by atomic mass is 16.5. The molecule has 1 fully saturated rings. The molecule has 1 saturated heterocycles. The summed E-state index contributed by atoms with van der Waals surface area (Å²) in [7, 11) is 1.58. The van der Waals surface area contributed by atoms with Gasteiger partial charge in [0.25, 0.3) is 5.91 Å². The topological polar surface area (TPSA) is 61.5 Å². The Balaban J connectivity index is 1.64. The summed E-state index contributed by atoms with van der Waals surface area (Å²) in [4.78, 5) is 24.0. The quantitative estimate of drug-likeness (QED) is 0.928. The molecule has 116 valence electrons. The minimum Gasteiger partial charge on any atom is -0.367 e. The van der Waals surface area contributed by atoms with Crippen LogP contribution >= 0.6 is 0 Å². The van der Waals surface area contributed by atoms with Crippen LogP contribution in [0.2, 0.25) is 0 Å². The first-order valence-corrected chi connectivity index (χ1v) is 7.40. The predicted octanol–water partition coefficient (Wildman–Crippen LogP) is 1.45. The normalized spacial score (nSPS) is 16.6. The van der Waals surface area contributed by atoms with Crippen LogP contribution in [-0.2, 0) is 9.53 Å². The summed E-state index contributed by atoms with van der Waals surface area (Å²) in [5.41, 5.74) is 0.892. The lowest BCUT2D eigenvalue weighted by atomic mass is 10.1. The standard InChI is InChI=1S/C16H20N4O2/c1-22-14(13-5-3-2-4-6-13)15(21)19-9-11-20(12-10-19)16-17-7-8-18-16/h2-8,14H,9-12H2,1H3,(H,17,18)/t14-/m1/s1. The van der Waals surface area contributed by atoms with E-state index in [0.717, 1.165) is 24.6 Å². The van der Waals surface area contributed by atoms with Crippen LogP contribution in [-0.4, -0.2) is 54.1 Å². The molecule has 1 N–H and O–H groups in total. The fourth-order valence-corrected chi connectivity index (χ4v) is 2.74. The second kappa shape index (κ2) is 6.62. The number of aromatic amines is 1. The molecule has 22 heavy (non-hydrogen) atoms. The molecular formula is C16H20N4O2. The lowest BCUT2D eigenvalue weighted by Crippen LogP contribution is -2.50. The van der Waals surface area contributed by atoms with Gasteiger partial charge >= 0.3 is 0 Å². The smallest absolute Gasteiger partial charge is 0.256 e. The van der Waals surface area contributed by atoms with E-state index in [2.05, 4.69) is 14.9 Å². The van der Waals surface area contributed by atoms with Gasteiger partial charge in [-0.15, -0.1) is 0 Å². The molecule has 1 aromatic heterocycles. The highest BCUT2D eigenvalue weighted by Gasteiger charge is 2.28. The van der Waals surface area contributed by atoms with E-state index in [4.69, 9.17) is 4.74 Å². The van der Waals surface area contributed by atoms with Crippen LogP contribution in [0, 0.1) is 0 Å². The van der Waals surface area contributed by atoms with E-state index >= 15 is 0 Å². The SMILES string of the molecule is CO[C@@H](C(=O)N1CCN(c2ncc[nH]2)CC1)c1ccccc1. The van der Waals surface area contributed by atoms with Gasteiger partial charge in [0.2, 0.25) is 5.95 Å². The third-order valence-corrected chi connectivity index (χ3v) is 3.94. The van der Waals surface area contributed by atoms with Crippen LogP contribution in [0.5, 0.6) is 0 Å². The van der Waals surface area contributed by atoms with E-state index in [0.29, 0.717) is 13.1 Å². The zero-order valence-electron chi connectivity index (χ0n) is 12.6. The number of methoxy groups -OCH3 is 1. The summed E-state index contributed by atoms with van der Waals surface area (Å²) in [6, 6.07) is 9.62. The Morgan fingerprint density at radius 3 is 2.55 bits per heavy atom.